The van der Waals surface area contributed by atoms with Crippen molar-refractivity contribution in [2.24, 2.45) is 0 Å². The number of nitrogens with zero attached hydrogens (tertiary/aromatic N) is 1. The lowest BCUT2D eigenvalue weighted by atomic mass is 10.2. The van der Waals surface area contributed by atoms with E-state index in [2.05, 4.69) is 10.3 Å². The van der Waals surface area contributed by atoms with Crippen LogP contribution in [0.5, 0.6) is 5.75 Å². The van der Waals surface area contributed by atoms with E-state index in [1.54, 1.807) is 13.3 Å². The second kappa shape index (κ2) is 4.96. The van der Waals surface area contributed by atoms with Gasteiger partial charge in [0.15, 0.2) is 5.82 Å². The van der Waals surface area contributed by atoms with Crippen molar-refractivity contribution < 1.29 is 4.74 Å². The summed E-state index contributed by atoms with van der Waals surface area (Å²) in [6, 6.07) is 7.80. The van der Waals surface area contributed by atoms with Crippen molar-refractivity contribution >= 4 is 17.2 Å². The molecule has 0 radical (unpaired) electrons. The Balaban J connectivity index is 2.36. The zero-order valence-electron chi connectivity index (χ0n) is 10.8. The summed E-state index contributed by atoms with van der Waals surface area (Å²) in [6.07, 6.45) is 1.78. The van der Waals surface area contributed by atoms with Gasteiger partial charge in [-0.25, -0.2) is 4.98 Å². The molecule has 3 N–H and O–H groups in total. The first-order valence-electron chi connectivity index (χ1n) is 5.74. The molecule has 0 unspecified atom stereocenters. The van der Waals surface area contributed by atoms with Gasteiger partial charge >= 0.3 is 0 Å². The molecule has 94 valence electrons. The normalized spacial score (nSPS) is 10.2. The minimum atomic E-state index is 0.624. The van der Waals surface area contributed by atoms with Crippen molar-refractivity contribution in [2.45, 2.75) is 13.8 Å². The highest BCUT2D eigenvalue weighted by Gasteiger charge is 2.06. The van der Waals surface area contributed by atoms with E-state index >= 15 is 0 Å². The topological polar surface area (TPSA) is 60.2 Å². The summed E-state index contributed by atoms with van der Waals surface area (Å²) in [5, 5.41) is 3.20. The van der Waals surface area contributed by atoms with E-state index in [4.69, 9.17) is 10.5 Å². The van der Waals surface area contributed by atoms with Crippen LogP contribution in [-0.2, 0) is 0 Å². The zero-order chi connectivity index (χ0) is 13.1. The fourth-order valence-electron chi connectivity index (χ4n) is 1.74. The van der Waals surface area contributed by atoms with E-state index in [0.29, 0.717) is 11.5 Å². The predicted octanol–water partition coefficient (Wildman–Crippen LogP) is 3.03. The minimum absolute atomic E-state index is 0.624. The van der Waals surface area contributed by atoms with Crippen LogP contribution in [0.4, 0.5) is 17.2 Å². The van der Waals surface area contributed by atoms with Crippen LogP contribution >= 0.6 is 0 Å². The monoisotopic (exact) mass is 243 g/mol. The lowest BCUT2D eigenvalue weighted by Gasteiger charge is -2.13. The zero-order valence-corrected chi connectivity index (χ0v) is 10.8. The summed E-state index contributed by atoms with van der Waals surface area (Å²) in [5.74, 6) is 1.41. The molecule has 0 aliphatic rings. The van der Waals surface area contributed by atoms with Gasteiger partial charge in [0.2, 0.25) is 0 Å². The molecule has 4 nitrogen and oxygen atoms in total. The molecular formula is C14H17N3O. The molecule has 1 aromatic carbocycles. The van der Waals surface area contributed by atoms with E-state index in [1.807, 2.05) is 38.1 Å². The second-order valence-corrected chi connectivity index (χ2v) is 4.28. The Morgan fingerprint density at radius 3 is 2.61 bits per heavy atom. The highest BCUT2D eigenvalue weighted by atomic mass is 16.5. The smallest absolute Gasteiger partial charge is 0.153 e. The minimum Gasteiger partial charge on any atom is -0.495 e. The SMILES string of the molecule is COc1ccc(C)cc1Nc1ncc(C)cc1N. The number of nitrogens with one attached hydrogen (secondary N) is 1. The van der Waals surface area contributed by atoms with Gasteiger partial charge in [-0.2, -0.15) is 0 Å². The number of nitrogen functional groups attached to an aromatic ring is 1. The number of aryl methyl sites for hydroxylation is 2. The maximum Gasteiger partial charge on any atom is 0.153 e. The van der Waals surface area contributed by atoms with Crippen molar-refractivity contribution in [3.8, 4) is 5.75 Å². The molecule has 0 bridgehead atoms. The van der Waals surface area contributed by atoms with Crippen molar-refractivity contribution in [3.63, 3.8) is 0 Å². The summed E-state index contributed by atoms with van der Waals surface area (Å²) in [7, 11) is 1.64. The summed E-state index contributed by atoms with van der Waals surface area (Å²) in [4.78, 5) is 4.29. The molecule has 1 aromatic heterocycles. The summed E-state index contributed by atoms with van der Waals surface area (Å²) in [5.41, 5.74) is 9.60. The predicted molar refractivity (Wildman–Crippen MR) is 74.4 cm³/mol. The Morgan fingerprint density at radius 1 is 1.17 bits per heavy atom. The first kappa shape index (κ1) is 12.2. The first-order chi connectivity index (χ1) is 8.60. The Hall–Kier alpha value is -2.23. The number of hydrogen-bond donors (Lipinski definition) is 2. The molecule has 18 heavy (non-hydrogen) atoms. The van der Waals surface area contributed by atoms with Crippen LogP contribution in [0.3, 0.4) is 0 Å². The molecule has 0 aliphatic heterocycles. The van der Waals surface area contributed by atoms with Gasteiger partial charge in [-0.15, -0.1) is 0 Å². The number of rotatable bonds is 3. The average Bonchev–Trinajstić information content (AvgIpc) is 2.33. The molecular weight excluding hydrogens is 226 g/mol. The number of aromatic nitrogens is 1. The average molecular weight is 243 g/mol. The third-order valence-corrected chi connectivity index (χ3v) is 2.66. The van der Waals surface area contributed by atoms with Crippen LogP contribution in [0.15, 0.2) is 30.5 Å². The molecule has 0 saturated heterocycles. The number of hydrogen-bond acceptors (Lipinski definition) is 4. The Labute approximate surface area is 107 Å². The van der Waals surface area contributed by atoms with Crippen LogP contribution in [-0.4, -0.2) is 12.1 Å². The number of methoxy groups -OCH3 is 1. The lowest BCUT2D eigenvalue weighted by molar-refractivity contribution is 0.416. The number of pyridine rings is 1. The fourth-order valence-corrected chi connectivity index (χ4v) is 1.74. The third-order valence-electron chi connectivity index (χ3n) is 2.66. The molecule has 4 heteroatoms. The van der Waals surface area contributed by atoms with E-state index in [-0.39, 0.29) is 0 Å². The van der Waals surface area contributed by atoms with Gasteiger partial charge in [-0.05, 0) is 43.2 Å². The lowest BCUT2D eigenvalue weighted by Crippen LogP contribution is -2.01. The molecule has 0 amide bonds. The van der Waals surface area contributed by atoms with E-state index in [9.17, 15) is 0 Å². The number of ether oxygens (including phenoxy) is 1. The highest BCUT2D eigenvalue weighted by Crippen LogP contribution is 2.29. The van der Waals surface area contributed by atoms with Crippen LogP contribution in [0.1, 0.15) is 11.1 Å². The van der Waals surface area contributed by atoms with Gasteiger partial charge in [0.05, 0.1) is 18.5 Å². The van der Waals surface area contributed by atoms with E-state index < -0.39 is 0 Å². The molecule has 0 aliphatic carbocycles. The van der Waals surface area contributed by atoms with Gasteiger partial charge in [0.25, 0.3) is 0 Å². The quantitative estimate of drug-likeness (QED) is 0.869. The Kier molecular flexibility index (Phi) is 3.37. The van der Waals surface area contributed by atoms with Crippen LogP contribution in [0.2, 0.25) is 0 Å². The number of anilines is 3. The molecule has 0 saturated carbocycles. The van der Waals surface area contributed by atoms with Gasteiger partial charge in [-0.3, -0.25) is 0 Å². The van der Waals surface area contributed by atoms with Crippen molar-refractivity contribution in [3.05, 3.63) is 41.6 Å². The molecule has 0 spiro atoms. The molecule has 0 fully saturated rings. The molecule has 2 aromatic rings. The summed E-state index contributed by atoms with van der Waals surface area (Å²) < 4.78 is 5.31. The maximum absolute atomic E-state index is 5.93. The van der Waals surface area contributed by atoms with Crippen LogP contribution in [0, 0.1) is 13.8 Å². The van der Waals surface area contributed by atoms with Crippen LogP contribution in [0.25, 0.3) is 0 Å². The fraction of sp³-hybridized carbons (Fsp3) is 0.214. The van der Waals surface area contributed by atoms with Crippen molar-refractivity contribution in [2.75, 3.05) is 18.2 Å². The Morgan fingerprint density at radius 2 is 1.94 bits per heavy atom. The summed E-state index contributed by atoms with van der Waals surface area (Å²) in [6.45, 7) is 3.98. The standard InChI is InChI=1S/C14H17N3O/c1-9-4-5-13(18-3)12(7-9)17-14-11(15)6-10(2)8-16-14/h4-8H,15H2,1-3H3,(H,16,17). The number of nitrogens with two attached hydrogens (primary N) is 1. The van der Waals surface area contributed by atoms with Gasteiger partial charge in [0.1, 0.15) is 5.75 Å². The van der Waals surface area contributed by atoms with Gasteiger partial charge in [-0.1, -0.05) is 6.07 Å². The van der Waals surface area contributed by atoms with Gasteiger partial charge in [0, 0.05) is 6.20 Å². The third kappa shape index (κ3) is 2.53. The molecule has 1 heterocycles. The molecule has 0 atom stereocenters. The molecule has 2 rings (SSSR count). The van der Waals surface area contributed by atoms with Crippen LogP contribution < -0.4 is 15.8 Å². The summed E-state index contributed by atoms with van der Waals surface area (Å²) >= 11 is 0. The van der Waals surface area contributed by atoms with Gasteiger partial charge < -0.3 is 15.8 Å². The largest absolute Gasteiger partial charge is 0.495 e. The number of benzene rings is 1. The van der Waals surface area contributed by atoms with E-state index in [0.717, 1.165) is 22.6 Å². The Bertz CT molecular complexity index is 567. The highest BCUT2D eigenvalue weighted by molar-refractivity contribution is 5.72. The second-order valence-electron chi connectivity index (χ2n) is 4.28. The first-order valence-corrected chi connectivity index (χ1v) is 5.74. The van der Waals surface area contributed by atoms with Crippen molar-refractivity contribution in [1.82, 2.24) is 4.98 Å². The maximum atomic E-state index is 5.93. The van der Waals surface area contributed by atoms with Crippen molar-refractivity contribution in [1.29, 1.82) is 0 Å². The van der Waals surface area contributed by atoms with E-state index in [1.165, 1.54) is 0 Å².